The quantitative estimate of drug-likeness (QED) is 0.697. The van der Waals surface area contributed by atoms with Gasteiger partial charge in [-0.3, -0.25) is 4.79 Å². The topological polar surface area (TPSA) is 101 Å². The van der Waals surface area contributed by atoms with Gasteiger partial charge >= 0.3 is 0 Å². The van der Waals surface area contributed by atoms with Crippen LogP contribution in [0, 0.1) is 6.92 Å². The zero-order valence-corrected chi connectivity index (χ0v) is 10.7. The Morgan fingerprint density at radius 3 is 2.75 bits per heavy atom. The number of aromatic amines is 1. The molecule has 0 radical (unpaired) electrons. The standard InChI is InChI=1S/C13H12N6O/c1-8-7-10(20)15-13-11(12(14)18-19(8)13)17-16-9-5-3-2-4-6-9/h2-7H,1H3,(H2,14,18)(H,15,20). The van der Waals surface area contributed by atoms with Crippen molar-refractivity contribution in [3.05, 3.63) is 52.4 Å². The molecule has 0 atom stereocenters. The third-order valence-electron chi connectivity index (χ3n) is 2.82. The van der Waals surface area contributed by atoms with E-state index in [2.05, 4.69) is 20.3 Å². The number of benzene rings is 1. The van der Waals surface area contributed by atoms with E-state index in [-0.39, 0.29) is 11.4 Å². The molecule has 100 valence electrons. The van der Waals surface area contributed by atoms with Gasteiger partial charge in [0.05, 0.1) is 5.69 Å². The predicted octanol–water partition coefficient (Wildman–Crippen LogP) is 2.33. The molecule has 7 heteroatoms. The molecule has 20 heavy (non-hydrogen) atoms. The third-order valence-corrected chi connectivity index (χ3v) is 2.82. The largest absolute Gasteiger partial charge is 0.380 e. The highest BCUT2D eigenvalue weighted by Gasteiger charge is 2.12. The van der Waals surface area contributed by atoms with Gasteiger partial charge in [0, 0.05) is 11.8 Å². The zero-order valence-electron chi connectivity index (χ0n) is 10.7. The average molecular weight is 268 g/mol. The number of fused-ring (bicyclic) bond motifs is 1. The minimum Gasteiger partial charge on any atom is -0.380 e. The first kappa shape index (κ1) is 12.1. The fourth-order valence-corrected chi connectivity index (χ4v) is 1.90. The summed E-state index contributed by atoms with van der Waals surface area (Å²) in [5.41, 5.74) is 7.76. The Bertz CT molecular complexity index is 846. The zero-order chi connectivity index (χ0) is 14.1. The fraction of sp³-hybridized carbons (Fsp3) is 0.0769. The van der Waals surface area contributed by atoms with Gasteiger partial charge in [-0.05, 0) is 19.1 Å². The molecule has 2 heterocycles. The molecule has 0 aliphatic rings. The van der Waals surface area contributed by atoms with Gasteiger partial charge in [-0.1, -0.05) is 18.2 Å². The van der Waals surface area contributed by atoms with E-state index in [1.54, 1.807) is 6.92 Å². The number of nitrogens with zero attached hydrogens (tertiary/aromatic N) is 4. The summed E-state index contributed by atoms with van der Waals surface area (Å²) in [6.07, 6.45) is 0. The lowest BCUT2D eigenvalue weighted by atomic mass is 10.3. The van der Waals surface area contributed by atoms with Gasteiger partial charge in [-0.2, -0.15) is 5.11 Å². The predicted molar refractivity (Wildman–Crippen MR) is 75.6 cm³/mol. The van der Waals surface area contributed by atoms with Crippen molar-refractivity contribution in [2.45, 2.75) is 6.92 Å². The summed E-state index contributed by atoms with van der Waals surface area (Å²) >= 11 is 0. The lowest BCUT2D eigenvalue weighted by Crippen LogP contribution is -2.09. The molecule has 0 bridgehead atoms. The highest BCUT2D eigenvalue weighted by molar-refractivity contribution is 5.75. The average Bonchev–Trinajstić information content (AvgIpc) is 2.74. The van der Waals surface area contributed by atoms with E-state index in [1.807, 2.05) is 30.3 Å². The van der Waals surface area contributed by atoms with Gasteiger partial charge in [0.25, 0.3) is 5.56 Å². The molecule has 3 N–H and O–H groups in total. The SMILES string of the molecule is Cc1cc(=O)[nH]c2c(N=Nc3ccccc3)c(N)nn12. The molecule has 0 aliphatic carbocycles. The molecule has 1 aromatic carbocycles. The number of hydrogen-bond acceptors (Lipinski definition) is 5. The molecular weight excluding hydrogens is 256 g/mol. The molecule has 0 amide bonds. The lowest BCUT2D eigenvalue weighted by molar-refractivity contribution is 0.891. The molecule has 7 nitrogen and oxygen atoms in total. The Kier molecular flexibility index (Phi) is 2.79. The molecule has 0 saturated carbocycles. The second kappa shape index (κ2) is 4.61. The first-order valence-electron chi connectivity index (χ1n) is 6.00. The highest BCUT2D eigenvalue weighted by atomic mass is 16.1. The number of anilines is 1. The van der Waals surface area contributed by atoms with E-state index in [0.29, 0.717) is 22.7 Å². The van der Waals surface area contributed by atoms with Crippen LogP contribution >= 0.6 is 0 Å². The summed E-state index contributed by atoms with van der Waals surface area (Å²) in [7, 11) is 0. The van der Waals surface area contributed by atoms with E-state index in [4.69, 9.17) is 5.73 Å². The first-order valence-corrected chi connectivity index (χ1v) is 6.00. The van der Waals surface area contributed by atoms with E-state index >= 15 is 0 Å². The minimum absolute atomic E-state index is 0.217. The van der Waals surface area contributed by atoms with Crippen LogP contribution in [0.25, 0.3) is 5.65 Å². The maximum Gasteiger partial charge on any atom is 0.251 e. The number of aromatic nitrogens is 3. The molecule has 0 aliphatic heterocycles. The van der Waals surface area contributed by atoms with E-state index in [0.717, 1.165) is 0 Å². The first-order chi connectivity index (χ1) is 9.65. The Morgan fingerprint density at radius 2 is 2.00 bits per heavy atom. The van der Waals surface area contributed by atoms with Gasteiger partial charge in [-0.15, -0.1) is 10.2 Å². The molecular formula is C13H12N6O. The van der Waals surface area contributed by atoms with Crippen molar-refractivity contribution in [1.82, 2.24) is 14.6 Å². The number of nitrogens with one attached hydrogen (secondary N) is 1. The number of nitrogens with two attached hydrogens (primary N) is 1. The number of nitrogen functional groups attached to an aromatic ring is 1. The molecule has 0 unspecified atom stereocenters. The molecule has 3 aromatic rings. The lowest BCUT2D eigenvalue weighted by Gasteiger charge is -1.96. The number of rotatable bonds is 2. The minimum atomic E-state index is -0.230. The summed E-state index contributed by atoms with van der Waals surface area (Å²) in [4.78, 5) is 14.2. The summed E-state index contributed by atoms with van der Waals surface area (Å²) in [6, 6.07) is 10.7. The molecule has 0 saturated heterocycles. The van der Waals surface area contributed by atoms with Crippen LogP contribution in [0.5, 0.6) is 0 Å². The van der Waals surface area contributed by atoms with Crippen LogP contribution in [0.2, 0.25) is 0 Å². The Labute approximate surface area is 113 Å². The van der Waals surface area contributed by atoms with Crippen LogP contribution in [0.15, 0.2) is 51.4 Å². The van der Waals surface area contributed by atoms with Crippen LogP contribution in [0.3, 0.4) is 0 Å². The molecule has 3 rings (SSSR count). The van der Waals surface area contributed by atoms with Crippen molar-refractivity contribution < 1.29 is 0 Å². The van der Waals surface area contributed by atoms with Gasteiger partial charge in [-0.25, -0.2) is 4.52 Å². The van der Waals surface area contributed by atoms with Gasteiger partial charge in [0.2, 0.25) is 0 Å². The fourth-order valence-electron chi connectivity index (χ4n) is 1.90. The summed E-state index contributed by atoms with van der Waals surface area (Å²) < 4.78 is 1.54. The molecule has 0 fully saturated rings. The van der Waals surface area contributed by atoms with Crippen LogP contribution in [0.1, 0.15) is 5.69 Å². The van der Waals surface area contributed by atoms with Crippen molar-refractivity contribution >= 4 is 22.8 Å². The van der Waals surface area contributed by atoms with Crippen molar-refractivity contribution in [2.75, 3.05) is 5.73 Å². The highest BCUT2D eigenvalue weighted by Crippen LogP contribution is 2.27. The summed E-state index contributed by atoms with van der Waals surface area (Å²) in [6.45, 7) is 1.77. The van der Waals surface area contributed by atoms with Crippen LogP contribution in [0.4, 0.5) is 17.2 Å². The van der Waals surface area contributed by atoms with Crippen LogP contribution in [-0.4, -0.2) is 14.6 Å². The molecule has 0 spiro atoms. The third kappa shape index (κ3) is 2.05. The second-order valence-corrected chi connectivity index (χ2v) is 4.30. The summed E-state index contributed by atoms with van der Waals surface area (Å²) in [5.74, 6) is 0.217. The smallest absolute Gasteiger partial charge is 0.251 e. The van der Waals surface area contributed by atoms with Crippen molar-refractivity contribution in [3.8, 4) is 0 Å². The van der Waals surface area contributed by atoms with Gasteiger partial charge < -0.3 is 10.7 Å². The number of azo groups is 1. The van der Waals surface area contributed by atoms with Crippen LogP contribution < -0.4 is 11.3 Å². The van der Waals surface area contributed by atoms with E-state index in [9.17, 15) is 4.79 Å². The second-order valence-electron chi connectivity index (χ2n) is 4.30. The Balaban J connectivity index is 2.14. The molecule has 2 aromatic heterocycles. The number of H-pyrrole nitrogens is 1. The van der Waals surface area contributed by atoms with E-state index in [1.165, 1.54) is 10.6 Å². The van der Waals surface area contributed by atoms with Gasteiger partial charge in [0.1, 0.15) is 0 Å². The monoisotopic (exact) mass is 268 g/mol. The maximum atomic E-state index is 11.5. The van der Waals surface area contributed by atoms with Crippen molar-refractivity contribution in [1.29, 1.82) is 0 Å². The number of aryl methyl sites for hydroxylation is 1. The van der Waals surface area contributed by atoms with Crippen molar-refractivity contribution in [3.63, 3.8) is 0 Å². The number of hydrogen-bond donors (Lipinski definition) is 2. The Morgan fingerprint density at radius 1 is 1.25 bits per heavy atom. The maximum absolute atomic E-state index is 11.5. The normalized spacial score (nSPS) is 11.4. The van der Waals surface area contributed by atoms with Crippen molar-refractivity contribution in [2.24, 2.45) is 10.2 Å². The van der Waals surface area contributed by atoms with E-state index < -0.39 is 0 Å². The Hall–Kier alpha value is -2.96. The van der Waals surface area contributed by atoms with Crippen LogP contribution in [-0.2, 0) is 0 Å². The summed E-state index contributed by atoms with van der Waals surface area (Å²) in [5, 5.41) is 12.3. The van der Waals surface area contributed by atoms with Gasteiger partial charge in [0.15, 0.2) is 17.2 Å².